The third-order valence-electron chi connectivity index (χ3n) is 3.72. The van der Waals surface area contributed by atoms with Gasteiger partial charge in [-0.3, -0.25) is 0 Å². The molecule has 0 amide bonds. The van der Waals surface area contributed by atoms with Crippen LogP contribution < -0.4 is 16.2 Å². The zero-order chi connectivity index (χ0) is 14.9. The van der Waals surface area contributed by atoms with Crippen molar-refractivity contribution in [3.63, 3.8) is 0 Å². The minimum Gasteiger partial charge on any atom is -0.356 e. The first-order valence-electron chi connectivity index (χ1n) is 7.40. The molecule has 1 fully saturated rings. The number of nitrogens with two attached hydrogens (primary N) is 1. The minimum atomic E-state index is -0.0887. The van der Waals surface area contributed by atoms with E-state index in [-0.39, 0.29) is 5.41 Å². The Morgan fingerprint density at radius 1 is 1.20 bits per heavy atom. The quantitative estimate of drug-likeness (QED) is 0.642. The van der Waals surface area contributed by atoms with Gasteiger partial charge in [0.1, 0.15) is 17.5 Å². The fourth-order valence-electron chi connectivity index (χ4n) is 2.86. The number of piperidine rings is 1. The molecule has 1 aromatic rings. The standard InChI is InChI=1S/C15H27N5/c1-10-6-11(2)9-20(8-10)13-7-12(19-16)17-14(18-13)15(3,4)5/h7,10-11H,6,8-9,16H2,1-5H3,(H,17,18,19). The molecule has 0 aliphatic carbocycles. The van der Waals surface area contributed by atoms with Crippen LogP contribution in [0, 0.1) is 11.8 Å². The first-order valence-corrected chi connectivity index (χ1v) is 7.40. The average Bonchev–Trinajstić information content (AvgIpc) is 2.36. The van der Waals surface area contributed by atoms with E-state index in [2.05, 4.69) is 49.9 Å². The number of hydrogen-bond acceptors (Lipinski definition) is 5. The lowest BCUT2D eigenvalue weighted by molar-refractivity contribution is 0.354. The molecule has 2 atom stereocenters. The Morgan fingerprint density at radius 2 is 1.80 bits per heavy atom. The van der Waals surface area contributed by atoms with E-state index in [0.717, 1.165) is 24.7 Å². The van der Waals surface area contributed by atoms with E-state index in [0.29, 0.717) is 17.7 Å². The molecule has 3 N–H and O–H groups in total. The molecule has 5 heteroatoms. The Bertz CT molecular complexity index is 456. The summed E-state index contributed by atoms with van der Waals surface area (Å²) >= 11 is 0. The molecule has 0 bridgehead atoms. The van der Waals surface area contributed by atoms with Crippen LogP contribution in [0.25, 0.3) is 0 Å². The summed E-state index contributed by atoms with van der Waals surface area (Å²) in [7, 11) is 0. The van der Waals surface area contributed by atoms with Crippen molar-refractivity contribution in [1.29, 1.82) is 0 Å². The second kappa shape index (κ2) is 5.56. The second-order valence-corrected chi connectivity index (χ2v) is 7.18. The van der Waals surface area contributed by atoms with Gasteiger partial charge in [0, 0.05) is 24.6 Å². The lowest BCUT2D eigenvalue weighted by Gasteiger charge is -2.36. The summed E-state index contributed by atoms with van der Waals surface area (Å²) in [5.41, 5.74) is 2.57. The van der Waals surface area contributed by atoms with Gasteiger partial charge in [-0.1, -0.05) is 34.6 Å². The molecule has 5 nitrogen and oxygen atoms in total. The number of rotatable bonds is 2. The van der Waals surface area contributed by atoms with E-state index < -0.39 is 0 Å². The van der Waals surface area contributed by atoms with Crippen molar-refractivity contribution >= 4 is 11.6 Å². The lowest BCUT2D eigenvalue weighted by Crippen LogP contribution is -2.39. The maximum Gasteiger partial charge on any atom is 0.145 e. The molecule has 1 aliphatic heterocycles. The Morgan fingerprint density at radius 3 is 2.30 bits per heavy atom. The number of nitrogen functional groups attached to an aromatic ring is 1. The first kappa shape index (κ1) is 15.0. The van der Waals surface area contributed by atoms with Crippen LogP contribution in [0.2, 0.25) is 0 Å². The van der Waals surface area contributed by atoms with E-state index in [1.54, 1.807) is 0 Å². The van der Waals surface area contributed by atoms with Crippen LogP contribution in [-0.2, 0) is 5.41 Å². The van der Waals surface area contributed by atoms with Gasteiger partial charge in [-0.25, -0.2) is 15.8 Å². The summed E-state index contributed by atoms with van der Waals surface area (Å²) in [6, 6.07) is 1.94. The van der Waals surface area contributed by atoms with Gasteiger partial charge in [-0.15, -0.1) is 0 Å². The van der Waals surface area contributed by atoms with Gasteiger partial charge < -0.3 is 10.3 Å². The minimum absolute atomic E-state index is 0.0887. The van der Waals surface area contributed by atoms with E-state index >= 15 is 0 Å². The molecule has 2 heterocycles. The van der Waals surface area contributed by atoms with Crippen LogP contribution >= 0.6 is 0 Å². The van der Waals surface area contributed by atoms with Crippen LogP contribution in [-0.4, -0.2) is 23.1 Å². The zero-order valence-electron chi connectivity index (χ0n) is 13.3. The van der Waals surface area contributed by atoms with Crippen molar-refractivity contribution in [3.8, 4) is 0 Å². The SMILES string of the molecule is CC1CC(C)CN(c2cc(NN)nc(C(C)(C)C)n2)C1. The highest BCUT2D eigenvalue weighted by Gasteiger charge is 2.25. The molecular weight excluding hydrogens is 250 g/mol. The number of anilines is 2. The van der Waals surface area contributed by atoms with Crippen molar-refractivity contribution in [2.75, 3.05) is 23.4 Å². The summed E-state index contributed by atoms with van der Waals surface area (Å²) in [6.45, 7) is 13.1. The van der Waals surface area contributed by atoms with Crippen LogP contribution in [0.3, 0.4) is 0 Å². The van der Waals surface area contributed by atoms with Crippen molar-refractivity contribution in [3.05, 3.63) is 11.9 Å². The van der Waals surface area contributed by atoms with Gasteiger partial charge >= 0.3 is 0 Å². The molecule has 0 radical (unpaired) electrons. The van der Waals surface area contributed by atoms with Crippen LogP contribution in [0.5, 0.6) is 0 Å². The Labute approximate surface area is 121 Å². The van der Waals surface area contributed by atoms with Crippen LogP contribution in [0.4, 0.5) is 11.6 Å². The van der Waals surface area contributed by atoms with Crippen molar-refractivity contribution in [1.82, 2.24) is 9.97 Å². The predicted octanol–water partition coefficient (Wildman–Crippen LogP) is 2.54. The summed E-state index contributed by atoms with van der Waals surface area (Å²) < 4.78 is 0. The molecule has 2 rings (SSSR count). The van der Waals surface area contributed by atoms with E-state index in [4.69, 9.17) is 10.8 Å². The van der Waals surface area contributed by atoms with Gasteiger partial charge in [0.15, 0.2) is 0 Å². The molecule has 0 saturated carbocycles. The normalized spacial score (nSPS) is 23.8. The topological polar surface area (TPSA) is 67.1 Å². The van der Waals surface area contributed by atoms with Gasteiger partial charge in [0.25, 0.3) is 0 Å². The lowest BCUT2D eigenvalue weighted by atomic mass is 9.92. The predicted molar refractivity (Wildman–Crippen MR) is 83.7 cm³/mol. The van der Waals surface area contributed by atoms with Crippen molar-refractivity contribution < 1.29 is 0 Å². The number of hydrogen-bond donors (Lipinski definition) is 2. The van der Waals surface area contributed by atoms with Crippen molar-refractivity contribution in [2.45, 2.75) is 46.5 Å². The fraction of sp³-hybridized carbons (Fsp3) is 0.733. The molecule has 1 saturated heterocycles. The number of nitrogens with zero attached hydrogens (tertiary/aromatic N) is 3. The van der Waals surface area contributed by atoms with Gasteiger partial charge in [-0.2, -0.15) is 0 Å². The molecule has 0 spiro atoms. The van der Waals surface area contributed by atoms with Crippen LogP contribution in [0.1, 0.15) is 46.9 Å². The second-order valence-electron chi connectivity index (χ2n) is 7.18. The third kappa shape index (κ3) is 3.39. The average molecular weight is 277 g/mol. The third-order valence-corrected chi connectivity index (χ3v) is 3.72. The molecule has 112 valence electrons. The summed E-state index contributed by atoms with van der Waals surface area (Å²) in [5.74, 6) is 9.44. The smallest absolute Gasteiger partial charge is 0.145 e. The molecule has 20 heavy (non-hydrogen) atoms. The highest BCUT2D eigenvalue weighted by Crippen LogP contribution is 2.28. The van der Waals surface area contributed by atoms with Gasteiger partial charge in [0.2, 0.25) is 0 Å². The Balaban J connectivity index is 2.35. The van der Waals surface area contributed by atoms with E-state index in [9.17, 15) is 0 Å². The van der Waals surface area contributed by atoms with E-state index in [1.165, 1.54) is 6.42 Å². The molecule has 0 aromatic carbocycles. The molecule has 1 aromatic heterocycles. The Kier molecular flexibility index (Phi) is 4.18. The first-order chi connectivity index (χ1) is 9.29. The van der Waals surface area contributed by atoms with Gasteiger partial charge in [0.05, 0.1) is 0 Å². The molecular formula is C15H27N5. The summed E-state index contributed by atoms with van der Waals surface area (Å²) in [6.07, 6.45) is 1.29. The Hall–Kier alpha value is -1.36. The zero-order valence-corrected chi connectivity index (χ0v) is 13.3. The maximum atomic E-state index is 5.56. The highest BCUT2D eigenvalue weighted by molar-refractivity contribution is 5.49. The fourth-order valence-corrected chi connectivity index (χ4v) is 2.86. The molecule has 1 aliphatic rings. The summed E-state index contributed by atoms with van der Waals surface area (Å²) in [5, 5.41) is 0. The van der Waals surface area contributed by atoms with Crippen LogP contribution in [0.15, 0.2) is 6.07 Å². The van der Waals surface area contributed by atoms with Gasteiger partial charge in [-0.05, 0) is 18.3 Å². The summed E-state index contributed by atoms with van der Waals surface area (Å²) in [4.78, 5) is 11.6. The van der Waals surface area contributed by atoms with E-state index in [1.807, 2.05) is 6.07 Å². The van der Waals surface area contributed by atoms with Crippen molar-refractivity contribution in [2.24, 2.45) is 17.7 Å². The molecule has 2 unspecified atom stereocenters. The monoisotopic (exact) mass is 277 g/mol. The number of nitrogens with one attached hydrogen (secondary N) is 1. The largest absolute Gasteiger partial charge is 0.356 e. The number of hydrazine groups is 1. The maximum absolute atomic E-state index is 5.56. The highest BCUT2D eigenvalue weighted by atomic mass is 15.3. The number of aromatic nitrogens is 2.